The number of methoxy groups -OCH3 is 2. The van der Waals surface area contributed by atoms with E-state index in [4.69, 9.17) is 25.7 Å². The van der Waals surface area contributed by atoms with Gasteiger partial charge in [0.05, 0.1) is 14.2 Å². The number of nitrogens with two attached hydrogens (primary N) is 2. The van der Waals surface area contributed by atoms with Gasteiger partial charge in [0, 0.05) is 36.3 Å². The molecule has 0 saturated carbocycles. The molecular weight excluding hydrogens is 755 g/mol. The first kappa shape index (κ1) is 41.1. The van der Waals surface area contributed by atoms with Crippen LogP contribution in [-0.4, -0.2) is 90.6 Å². The van der Waals surface area contributed by atoms with E-state index in [0.717, 1.165) is 49.4 Å². The average Bonchev–Trinajstić information content (AvgIpc) is 3.71. The predicted molar refractivity (Wildman–Crippen MR) is 210 cm³/mol. The molecule has 18 heteroatoms. The molecule has 296 valence electrons. The van der Waals surface area contributed by atoms with Crippen LogP contribution in [0.2, 0.25) is 0 Å². The molecule has 2 aromatic heterocycles. The predicted octanol–water partition coefficient (Wildman–Crippen LogP) is 6.18. The van der Waals surface area contributed by atoms with Crippen LogP contribution >= 0.6 is 22.7 Å². The molecule has 2 fully saturated rings. The number of amides is 1. The highest BCUT2D eigenvalue weighted by molar-refractivity contribution is 7.18. The molecule has 2 aromatic carbocycles. The van der Waals surface area contributed by atoms with E-state index in [9.17, 15) is 23.2 Å². The van der Waals surface area contributed by atoms with Crippen LogP contribution in [0.25, 0.3) is 0 Å². The summed E-state index contributed by atoms with van der Waals surface area (Å²) in [6, 6.07) is 8.52. The third-order valence-electron chi connectivity index (χ3n) is 8.69. The second-order valence-corrected chi connectivity index (χ2v) is 15.9. The van der Waals surface area contributed by atoms with E-state index in [-0.39, 0.29) is 57.1 Å². The van der Waals surface area contributed by atoms with Gasteiger partial charge in [-0.2, -0.15) is 0 Å². The number of nitrogens with zero attached hydrogens (tertiary/aromatic N) is 3. The molecule has 0 bridgehead atoms. The molecule has 2 saturated heterocycles. The molecule has 0 radical (unpaired) electrons. The average molecular weight is 801 g/mol. The number of thiazole rings is 2. The smallest absolute Gasteiger partial charge is 0.410 e. The van der Waals surface area contributed by atoms with Crippen LogP contribution in [0.5, 0.6) is 11.5 Å². The van der Waals surface area contributed by atoms with Crippen LogP contribution in [0, 0.1) is 11.6 Å². The monoisotopic (exact) mass is 800 g/mol. The van der Waals surface area contributed by atoms with E-state index in [1.807, 2.05) is 20.8 Å². The molecule has 6 rings (SSSR count). The van der Waals surface area contributed by atoms with Crippen LogP contribution in [0.4, 0.5) is 35.5 Å². The zero-order valence-corrected chi connectivity index (χ0v) is 32.9. The third-order valence-corrected chi connectivity index (χ3v) is 10.7. The summed E-state index contributed by atoms with van der Waals surface area (Å²) >= 11 is 2.33. The Morgan fingerprint density at radius 3 is 1.62 bits per heavy atom. The molecule has 14 nitrogen and oxygen atoms in total. The number of piperidine rings is 2. The number of aromatic nitrogens is 2. The Bertz CT molecular complexity index is 1990. The van der Waals surface area contributed by atoms with Crippen molar-refractivity contribution in [2.75, 3.05) is 62.5 Å². The minimum atomic E-state index is -0.619. The number of carbonyl (C=O) groups is 3. The van der Waals surface area contributed by atoms with Gasteiger partial charge in [-0.1, -0.05) is 22.7 Å². The Morgan fingerprint density at radius 1 is 0.782 bits per heavy atom. The number of hydrogen-bond acceptors (Lipinski definition) is 15. The summed E-state index contributed by atoms with van der Waals surface area (Å²) in [4.78, 5) is 48.2. The first-order chi connectivity index (χ1) is 26.1. The molecule has 7 N–H and O–H groups in total. The van der Waals surface area contributed by atoms with Gasteiger partial charge in [0.1, 0.15) is 27.0 Å². The lowest BCUT2D eigenvalue weighted by Crippen LogP contribution is -2.44. The molecule has 1 amide bonds. The molecule has 4 aromatic rings. The van der Waals surface area contributed by atoms with Gasteiger partial charge < -0.3 is 46.5 Å². The minimum absolute atomic E-state index is 0.0638. The molecule has 2 aliphatic rings. The Labute approximate surface area is 325 Å². The van der Waals surface area contributed by atoms with E-state index >= 15 is 0 Å². The molecule has 0 atom stereocenters. The van der Waals surface area contributed by atoms with Gasteiger partial charge in [0.15, 0.2) is 33.4 Å². The molecular formula is C37H46F2N8O6S2. The van der Waals surface area contributed by atoms with Crippen molar-refractivity contribution in [3.63, 3.8) is 0 Å². The first-order valence-corrected chi connectivity index (χ1v) is 19.3. The number of benzene rings is 2. The second kappa shape index (κ2) is 18.0. The Kier molecular flexibility index (Phi) is 13.5. The normalized spacial score (nSPS) is 15.1. The van der Waals surface area contributed by atoms with E-state index in [0.29, 0.717) is 47.1 Å². The molecule has 0 aliphatic carbocycles. The standard InChI is InChI=1S/C21H27FN4O4S.C16H19FN4O2S/c1-21(2,3)30-20(28)26-9-7-13(8-10-26)24-19-25-18(23)17(31-19)16(27)12-5-6-15(29-4)14(22)11-12;1-23-12-3-2-9(8-11(12)17)13(22)14-15(18)21-16(24-14)20-10-4-6-19-7-5-10/h5-6,11,13H,7-10,23H2,1-4H3,(H,24,25);2-3,8,10,19H,4-7,18H2,1H3,(H,20,21). The van der Waals surface area contributed by atoms with Crippen molar-refractivity contribution in [1.82, 2.24) is 20.2 Å². The third kappa shape index (κ3) is 10.8. The number of likely N-dealkylation sites (tertiary alicyclic amines) is 1. The zero-order chi connectivity index (χ0) is 39.9. The fraction of sp³-hybridized carbons (Fsp3) is 0.432. The summed E-state index contributed by atoms with van der Waals surface area (Å²) in [6.07, 6.45) is 3.10. The van der Waals surface area contributed by atoms with Crippen LogP contribution < -0.4 is 36.9 Å². The van der Waals surface area contributed by atoms with E-state index < -0.39 is 23.0 Å². The fourth-order valence-electron chi connectivity index (χ4n) is 5.84. The SMILES string of the molecule is COc1ccc(C(=O)c2sc(NC3CCN(C(=O)OC(C)(C)C)CC3)nc2N)cc1F.COc1ccc(C(=O)c2sc(NC3CCNCC3)nc2N)cc1F. The van der Waals surface area contributed by atoms with Crippen molar-refractivity contribution in [2.45, 2.75) is 64.1 Å². The van der Waals surface area contributed by atoms with E-state index in [1.165, 1.54) is 49.8 Å². The largest absolute Gasteiger partial charge is 0.494 e. The van der Waals surface area contributed by atoms with Crippen LogP contribution in [-0.2, 0) is 4.74 Å². The number of anilines is 4. The summed E-state index contributed by atoms with van der Waals surface area (Å²) in [7, 11) is 2.73. The molecule has 2 aliphatic heterocycles. The summed E-state index contributed by atoms with van der Waals surface area (Å²) < 4.78 is 42.9. The van der Waals surface area contributed by atoms with Gasteiger partial charge in [0.25, 0.3) is 0 Å². The topological polar surface area (TPSA) is 196 Å². The maximum absolute atomic E-state index is 14.0. The van der Waals surface area contributed by atoms with Gasteiger partial charge in [-0.15, -0.1) is 0 Å². The number of nitrogen functional groups attached to an aromatic ring is 2. The number of ketones is 2. The number of carbonyl (C=O) groups excluding carboxylic acids is 3. The van der Waals surface area contributed by atoms with Gasteiger partial charge in [0.2, 0.25) is 11.6 Å². The van der Waals surface area contributed by atoms with Crippen molar-refractivity contribution in [3.8, 4) is 11.5 Å². The second-order valence-electron chi connectivity index (χ2n) is 13.9. The molecule has 0 spiro atoms. The lowest BCUT2D eigenvalue weighted by molar-refractivity contribution is 0.0210. The quantitative estimate of drug-likeness (QED) is 0.114. The number of rotatable bonds is 10. The van der Waals surface area contributed by atoms with E-state index in [1.54, 1.807) is 4.90 Å². The van der Waals surface area contributed by atoms with Crippen molar-refractivity contribution in [1.29, 1.82) is 0 Å². The number of hydrogen-bond donors (Lipinski definition) is 5. The zero-order valence-electron chi connectivity index (χ0n) is 31.3. The fourth-order valence-corrected chi connectivity index (χ4v) is 7.69. The summed E-state index contributed by atoms with van der Waals surface area (Å²) in [5.74, 6) is -1.52. The van der Waals surface area contributed by atoms with Crippen molar-refractivity contribution >= 4 is 62.2 Å². The first-order valence-electron chi connectivity index (χ1n) is 17.7. The highest BCUT2D eigenvalue weighted by Gasteiger charge is 2.28. The summed E-state index contributed by atoms with van der Waals surface area (Å²) in [5, 5.41) is 11.0. The van der Waals surface area contributed by atoms with Crippen molar-refractivity contribution in [2.24, 2.45) is 0 Å². The van der Waals surface area contributed by atoms with Gasteiger partial charge in [-0.3, -0.25) is 9.59 Å². The van der Waals surface area contributed by atoms with Crippen LogP contribution in [0.1, 0.15) is 76.9 Å². The maximum Gasteiger partial charge on any atom is 0.410 e. The van der Waals surface area contributed by atoms with E-state index in [2.05, 4.69) is 25.9 Å². The molecule has 0 unspecified atom stereocenters. The van der Waals surface area contributed by atoms with Crippen LogP contribution in [0.3, 0.4) is 0 Å². The lowest BCUT2D eigenvalue weighted by atomic mass is 10.1. The number of halogens is 2. The summed E-state index contributed by atoms with van der Waals surface area (Å²) in [5.41, 5.74) is 11.7. The maximum atomic E-state index is 14.0. The highest BCUT2D eigenvalue weighted by Crippen LogP contribution is 2.32. The van der Waals surface area contributed by atoms with Crippen molar-refractivity contribution < 1.29 is 37.4 Å². The van der Waals surface area contributed by atoms with Gasteiger partial charge in [-0.25, -0.2) is 23.5 Å². The lowest BCUT2D eigenvalue weighted by Gasteiger charge is -2.33. The minimum Gasteiger partial charge on any atom is -0.494 e. The van der Waals surface area contributed by atoms with Crippen molar-refractivity contribution in [3.05, 3.63) is 68.9 Å². The number of ether oxygens (including phenoxy) is 3. The van der Waals surface area contributed by atoms with Gasteiger partial charge in [-0.05, 0) is 95.9 Å². The highest BCUT2D eigenvalue weighted by atomic mass is 32.1. The summed E-state index contributed by atoms with van der Waals surface area (Å²) in [6.45, 7) is 8.54. The Balaban J connectivity index is 0.000000218. The molecule has 55 heavy (non-hydrogen) atoms. The Morgan fingerprint density at radius 2 is 1.22 bits per heavy atom. The Hall–Kier alpha value is -5.07. The van der Waals surface area contributed by atoms with Crippen LogP contribution in [0.15, 0.2) is 36.4 Å². The van der Waals surface area contributed by atoms with Gasteiger partial charge >= 0.3 is 6.09 Å². The number of nitrogens with one attached hydrogen (secondary N) is 3. The molecule has 4 heterocycles.